The molecule has 0 amide bonds. The molecular formula is C6H15Cl6N3Si3. The van der Waals surface area contributed by atoms with Gasteiger partial charge in [-0.15, -0.1) is 66.5 Å². The first kappa shape index (κ1) is 18.3. The van der Waals surface area contributed by atoms with Gasteiger partial charge in [-0.3, -0.25) is 12.7 Å². The fourth-order valence-corrected chi connectivity index (χ4v) is 34.4. The second-order valence-corrected chi connectivity index (χ2v) is 22.6. The van der Waals surface area contributed by atoms with Crippen molar-refractivity contribution < 1.29 is 0 Å². The Kier molecular flexibility index (Phi) is 6.29. The molecule has 0 unspecified atom stereocenters. The van der Waals surface area contributed by atoms with Crippen LogP contribution in [0.25, 0.3) is 0 Å². The van der Waals surface area contributed by atoms with Crippen molar-refractivity contribution >= 4 is 87.5 Å². The van der Waals surface area contributed by atoms with E-state index < -0.39 is 21.0 Å². The summed E-state index contributed by atoms with van der Waals surface area (Å²) in [6.07, 6.45) is 0. The molecule has 1 rings (SSSR count). The fraction of sp³-hybridized carbons (Fsp3) is 1.00. The van der Waals surface area contributed by atoms with Gasteiger partial charge in [0.1, 0.15) is 0 Å². The summed E-state index contributed by atoms with van der Waals surface area (Å²) in [6.45, 7) is 7.50. The number of halogens is 6. The van der Waals surface area contributed by atoms with E-state index in [1.807, 2.05) is 33.5 Å². The standard InChI is InChI=1S/C6H15Cl6N3Si3/c1-4-13-16(7,8)14(5-2)18(11,12)15(6-3)17(13,9)10/h4-6H2,1-3H3. The number of nitrogens with zero attached hydrogens (tertiary/aromatic N) is 3. The zero-order chi connectivity index (χ0) is 14.4. The summed E-state index contributed by atoms with van der Waals surface area (Å²) in [5, 5.41) is 0. The van der Waals surface area contributed by atoms with Crippen LogP contribution in [0.15, 0.2) is 0 Å². The van der Waals surface area contributed by atoms with Crippen molar-refractivity contribution in [2.24, 2.45) is 0 Å². The summed E-state index contributed by atoms with van der Waals surface area (Å²) in [7, 11) is -9.04. The molecule has 108 valence electrons. The predicted molar refractivity (Wildman–Crippen MR) is 89.5 cm³/mol. The average Bonchev–Trinajstić information content (AvgIpc) is 2.15. The van der Waals surface area contributed by atoms with Gasteiger partial charge >= 0.3 is 21.0 Å². The Bertz CT molecular complexity index is 251. The third-order valence-corrected chi connectivity index (χ3v) is 27.0. The molecule has 0 saturated carbocycles. The maximum atomic E-state index is 6.56. The summed E-state index contributed by atoms with van der Waals surface area (Å²) in [4.78, 5) is 0. The van der Waals surface area contributed by atoms with Gasteiger partial charge in [0.15, 0.2) is 0 Å². The van der Waals surface area contributed by atoms with Crippen LogP contribution in [0.1, 0.15) is 20.8 Å². The van der Waals surface area contributed by atoms with E-state index in [1.165, 1.54) is 0 Å². The van der Waals surface area contributed by atoms with Crippen molar-refractivity contribution in [1.82, 2.24) is 12.7 Å². The first-order valence-corrected chi connectivity index (χ1v) is 17.3. The van der Waals surface area contributed by atoms with E-state index in [0.29, 0.717) is 19.6 Å². The van der Waals surface area contributed by atoms with Gasteiger partial charge in [0, 0.05) is 0 Å². The smallest absolute Gasteiger partial charge is 0.273 e. The first-order chi connectivity index (χ1) is 8.08. The highest BCUT2D eigenvalue weighted by atomic mass is 35.7. The molecule has 0 bridgehead atoms. The maximum Gasteiger partial charge on any atom is 0.400 e. The Labute approximate surface area is 140 Å². The third-order valence-electron chi connectivity index (χ3n) is 2.90. The van der Waals surface area contributed by atoms with Crippen LogP contribution in [0, 0.1) is 0 Å². The second-order valence-electron chi connectivity index (χ2n) is 3.76. The molecule has 1 aliphatic heterocycles. The molecule has 0 spiro atoms. The van der Waals surface area contributed by atoms with Gasteiger partial charge < -0.3 is 0 Å². The minimum absolute atomic E-state index is 0.573. The van der Waals surface area contributed by atoms with Crippen molar-refractivity contribution in [3.05, 3.63) is 0 Å². The minimum atomic E-state index is -3.01. The molecule has 0 atom stereocenters. The minimum Gasteiger partial charge on any atom is -0.273 e. The SMILES string of the molecule is CCN1[Si](Cl)(Cl)N(CC)[Si](Cl)(Cl)N(CC)[Si]1(Cl)Cl. The lowest BCUT2D eigenvalue weighted by Crippen LogP contribution is -2.85. The Balaban J connectivity index is 3.36. The Morgan fingerprint density at radius 2 is 0.722 bits per heavy atom. The molecule has 0 aromatic heterocycles. The predicted octanol–water partition coefficient (Wildman–Crippen LogP) is 3.71. The zero-order valence-corrected chi connectivity index (χ0v) is 17.8. The topological polar surface area (TPSA) is 9.72 Å². The molecule has 1 heterocycles. The maximum absolute atomic E-state index is 6.56. The van der Waals surface area contributed by atoms with Gasteiger partial charge in [0.25, 0.3) is 0 Å². The van der Waals surface area contributed by atoms with Crippen molar-refractivity contribution in [3.8, 4) is 0 Å². The molecule has 0 aromatic carbocycles. The average molecular weight is 426 g/mol. The van der Waals surface area contributed by atoms with Crippen LogP contribution in [-0.4, -0.2) is 53.4 Å². The summed E-state index contributed by atoms with van der Waals surface area (Å²) in [5.74, 6) is 0. The van der Waals surface area contributed by atoms with Gasteiger partial charge in [-0.1, -0.05) is 20.8 Å². The molecule has 1 aliphatic rings. The Morgan fingerprint density at radius 3 is 0.833 bits per heavy atom. The van der Waals surface area contributed by atoms with Gasteiger partial charge in [0.05, 0.1) is 0 Å². The van der Waals surface area contributed by atoms with E-state index in [9.17, 15) is 0 Å². The summed E-state index contributed by atoms with van der Waals surface area (Å²) in [5.41, 5.74) is 0. The lowest BCUT2D eigenvalue weighted by Gasteiger charge is -2.58. The molecule has 1 saturated heterocycles. The zero-order valence-electron chi connectivity index (χ0n) is 10.2. The molecule has 0 N–H and O–H groups in total. The van der Waals surface area contributed by atoms with E-state index in [0.717, 1.165) is 0 Å². The molecule has 18 heavy (non-hydrogen) atoms. The molecule has 0 radical (unpaired) electrons. The van der Waals surface area contributed by atoms with Gasteiger partial charge in [0.2, 0.25) is 0 Å². The lowest BCUT2D eigenvalue weighted by atomic mass is 10.8. The van der Waals surface area contributed by atoms with Crippen LogP contribution in [0.5, 0.6) is 0 Å². The van der Waals surface area contributed by atoms with E-state index in [-0.39, 0.29) is 0 Å². The van der Waals surface area contributed by atoms with Crippen LogP contribution >= 0.6 is 66.5 Å². The van der Waals surface area contributed by atoms with Crippen molar-refractivity contribution in [3.63, 3.8) is 0 Å². The number of hydrogen-bond donors (Lipinski definition) is 0. The quantitative estimate of drug-likeness (QED) is 0.504. The van der Waals surface area contributed by atoms with Crippen molar-refractivity contribution in [2.45, 2.75) is 20.8 Å². The van der Waals surface area contributed by atoms with Crippen molar-refractivity contribution in [2.75, 3.05) is 19.6 Å². The second kappa shape index (κ2) is 6.18. The van der Waals surface area contributed by atoms with Crippen LogP contribution in [0.2, 0.25) is 0 Å². The molecule has 3 nitrogen and oxygen atoms in total. The first-order valence-electron chi connectivity index (χ1n) is 5.55. The van der Waals surface area contributed by atoms with Crippen LogP contribution in [0.3, 0.4) is 0 Å². The van der Waals surface area contributed by atoms with E-state index >= 15 is 0 Å². The van der Waals surface area contributed by atoms with E-state index in [2.05, 4.69) is 0 Å². The largest absolute Gasteiger partial charge is 0.400 e. The molecule has 12 heteroatoms. The highest BCUT2D eigenvalue weighted by Gasteiger charge is 2.70. The lowest BCUT2D eigenvalue weighted by molar-refractivity contribution is 0.469. The Morgan fingerprint density at radius 1 is 0.556 bits per heavy atom. The van der Waals surface area contributed by atoms with Gasteiger partial charge in [-0.05, 0) is 19.6 Å². The molecule has 0 aromatic rings. The van der Waals surface area contributed by atoms with Gasteiger partial charge in [-0.25, -0.2) is 0 Å². The molecular weight excluding hydrogens is 411 g/mol. The fourth-order valence-electron chi connectivity index (χ4n) is 2.06. The molecule has 1 fully saturated rings. The summed E-state index contributed by atoms with van der Waals surface area (Å²) >= 11 is 39.3. The van der Waals surface area contributed by atoms with E-state index in [4.69, 9.17) is 66.5 Å². The summed E-state index contributed by atoms with van der Waals surface area (Å²) < 4.78 is 5.44. The van der Waals surface area contributed by atoms with Gasteiger partial charge in [-0.2, -0.15) is 0 Å². The Hall–Kier alpha value is 2.27. The molecule has 0 aliphatic carbocycles. The van der Waals surface area contributed by atoms with Crippen LogP contribution in [-0.2, 0) is 0 Å². The monoisotopic (exact) mass is 423 g/mol. The number of rotatable bonds is 3. The highest BCUT2D eigenvalue weighted by molar-refractivity contribution is 7.62. The normalized spacial score (nSPS) is 28.5. The van der Waals surface area contributed by atoms with E-state index in [1.54, 1.807) is 0 Å². The summed E-state index contributed by atoms with van der Waals surface area (Å²) in [6, 6.07) is 0. The van der Waals surface area contributed by atoms with Crippen LogP contribution in [0.4, 0.5) is 0 Å². The van der Waals surface area contributed by atoms with Crippen LogP contribution < -0.4 is 0 Å². The number of hydrogen-bond acceptors (Lipinski definition) is 3. The third kappa shape index (κ3) is 2.78. The van der Waals surface area contributed by atoms with Crippen molar-refractivity contribution in [1.29, 1.82) is 0 Å². The highest BCUT2D eigenvalue weighted by Crippen LogP contribution is 2.47.